The number of nitrogens with zero attached hydrogens (tertiary/aromatic N) is 2. The standard InChI is InChI=1S/C20H23N3O5S/c1-26-18-10-9-16(29(24,25)21-13-15-8-5-11-27-15)12-17(18)19-22-20(28-23-19)14-6-3-2-4-7-14/h5,8-12,14,21H,2-4,6-7,13H2,1H3. The minimum atomic E-state index is -3.76. The molecule has 4 rings (SSSR count). The number of hydrogen-bond acceptors (Lipinski definition) is 7. The second-order valence-electron chi connectivity index (χ2n) is 7.06. The number of benzene rings is 1. The smallest absolute Gasteiger partial charge is 0.241 e. The summed E-state index contributed by atoms with van der Waals surface area (Å²) in [4.78, 5) is 4.62. The Balaban J connectivity index is 1.61. The molecule has 0 aliphatic heterocycles. The molecular formula is C20H23N3O5S. The normalized spacial score (nSPS) is 15.5. The van der Waals surface area contributed by atoms with Crippen LogP contribution in [-0.4, -0.2) is 25.7 Å². The lowest BCUT2D eigenvalue weighted by atomic mass is 9.89. The van der Waals surface area contributed by atoms with Crippen molar-refractivity contribution in [1.82, 2.24) is 14.9 Å². The van der Waals surface area contributed by atoms with Gasteiger partial charge in [-0.1, -0.05) is 24.4 Å². The van der Waals surface area contributed by atoms with Crippen LogP contribution in [0.3, 0.4) is 0 Å². The molecule has 8 nitrogen and oxygen atoms in total. The number of nitrogens with one attached hydrogen (secondary N) is 1. The Labute approximate surface area is 169 Å². The summed E-state index contributed by atoms with van der Waals surface area (Å²) in [5.41, 5.74) is 0.471. The second-order valence-corrected chi connectivity index (χ2v) is 8.82. The molecule has 9 heteroatoms. The topological polar surface area (TPSA) is 107 Å². The molecular weight excluding hydrogens is 394 g/mol. The first kappa shape index (κ1) is 19.7. The highest BCUT2D eigenvalue weighted by molar-refractivity contribution is 7.89. The molecule has 2 aromatic heterocycles. The van der Waals surface area contributed by atoms with Crippen molar-refractivity contribution < 1.29 is 22.1 Å². The van der Waals surface area contributed by atoms with E-state index in [-0.39, 0.29) is 17.4 Å². The van der Waals surface area contributed by atoms with E-state index in [1.54, 1.807) is 18.2 Å². The van der Waals surface area contributed by atoms with Crippen molar-refractivity contribution in [2.45, 2.75) is 49.5 Å². The Morgan fingerprint density at radius 2 is 2.03 bits per heavy atom. The molecule has 1 aromatic carbocycles. The van der Waals surface area contributed by atoms with Crippen molar-refractivity contribution >= 4 is 10.0 Å². The zero-order valence-corrected chi connectivity index (χ0v) is 16.9. The Morgan fingerprint density at radius 1 is 1.21 bits per heavy atom. The molecule has 0 atom stereocenters. The molecule has 1 fully saturated rings. The Kier molecular flexibility index (Phi) is 5.68. The molecule has 0 radical (unpaired) electrons. The summed E-state index contributed by atoms with van der Waals surface area (Å²) in [6.45, 7) is 0.0603. The number of sulfonamides is 1. The maximum atomic E-state index is 12.7. The van der Waals surface area contributed by atoms with Gasteiger partial charge in [-0.3, -0.25) is 0 Å². The highest BCUT2D eigenvalue weighted by Crippen LogP contribution is 2.35. The van der Waals surface area contributed by atoms with E-state index in [0.717, 1.165) is 25.7 Å². The quantitative estimate of drug-likeness (QED) is 0.622. The van der Waals surface area contributed by atoms with Gasteiger partial charge in [-0.15, -0.1) is 0 Å². The lowest BCUT2D eigenvalue weighted by molar-refractivity contribution is 0.314. The zero-order valence-electron chi connectivity index (χ0n) is 16.1. The van der Waals surface area contributed by atoms with Crippen molar-refractivity contribution in [1.29, 1.82) is 0 Å². The Morgan fingerprint density at radius 3 is 2.76 bits per heavy atom. The highest BCUT2D eigenvalue weighted by atomic mass is 32.2. The van der Waals surface area contributed by atoms with Crippen LogP contribution in [-0.2, 0) is 16.6 Å². The monoisotopic (exact) mass is 417 g/mol. The lowest BCUT2D eigenvalue weighted by Crippen LogP contribution is -2.23. The Hall–Kier alpha value is -2.65. The molecule has 0 spiro atoms. The zero-order chi connectivity index (χ0) is 20.3. The number of hydrogen-bond donors (Lipinski definition) is 1. The summed E-state index contributed by atoms with van der Waals surface area (Å²) in [7, 11) is -2.24. The molecule has 1 aliphatic carbocycles. The van der Waals surface area contributed by atoms with Crippen molar-refractivity contribution in [3.05, 3.63) is 48.2 Å². The molecule has 3 aromatic rings. The molecule has 154 valence electrons. The van der Waals surface area contributed by atoms with Crippen molar-refractivity contribution in [3.63, 3.8) is 0 Å². The molecule has 0 bridgehead atoms. The van der Waals surface area contributed by atoms with Crippen molar-refractivity contribution in [3.8, 4) is 17.1 Å². The number of methoxy groups -OCH3 is 1. The average Bonchev–Trinajstić information content (AvgIpc) is 3.45. The van der Waals surface area contributed by atoms with Crippen LogP contribution in [0, 0.1) is 0 Å². The fraction of sp³-hybridized carbons (Fsp3) is 0.400. The van der Waals surface area contributed by atoms with E-state index in [1.807, 2.05) is 0 Å². The average molecular weight is 417 g/mol. The van der Waals surface area contributed by atoms with Gasteiger partial charge in [0.2, 0.25) is 21.7 Å². The molecule has 0 saturated heterocycles. The van der Waals surface area contributed by atoms with Crippen LogP contribution in [0.5, 0.6) is 5.75 Å². The maximum Gasteiger partial charge on any atom is 0.241 e. The summed E-state index contributed by atoms with van der Waals surface area (Å²) in [6.07, 6.45) is 7.10. The largest absolute Gasteiger partial charge is 0.496 e. The second kappa shape index (κ2) is 8.38. The third-order valence-electron chi connectivity index (χ3n) is 5.13. The van der Waals surface area contributed by atoms with Crippen LogP contribution in [0.1, 0.15) is 49.7 Å². The fourth-order valence-electron chi connectivity index (χ4n) is 3.55. The van der Waals surface area contributed by atoms with Crippen LogP contribution in [0.4, 0.5) is 0 Å². The molecule has 0 amide bonds. The minimum Gasteiger partial charge on any atom is -0.496 e. The summed E-state index contributed by atoms with van der Waals surface area (Å²) >= 11 is 0. The van der Waals surface area contributed by atoms with E-state index < -0.39 is 10.0 Å². The van der Waals surface area contributed by atoms with Gasteiger partial charge < -0.3 is 13.7 Å². The number of furan rings is 1. The molecule has 2 heterocycles. The van der Waals surface area contributed by atoms with Crippen LogP contribution in [0.15, 0.2) is 50.4 Å². The van der Waals surface area contributed by atoms with Crippen molar-refractivity contribution in [2.75, 3.05) is 7.11 Å². The number of aromatic nitrogens is 2. The van der Waals surface area contributed by atoms with Gasteiger partial charge in [-0.05, 0) is 43.2 Å². The predicted octanol–water partition coefficient (Wildman–Crippen LogP) is 3.86. The SMILES string of the molecule is COc1ccc(S(=O)(=O)NCc2ccco2)cc1-c1noc(C2CCCCC2)n1. The van der Waals surface area contributed by atoms with Crippen molar-refractivity contribution in [2.24, 2.45) is 0 Å². The van der Waals surface area contributed by atoms with Gasteiger partial charge in [-0.25, -0.2) is 13.1 Å². The fourth-order valence-corrected chi connectivity index (χ4v) is 4.57. The van der Waals surface area contributed by atoms with E-state index in [1.165, 1.54) is 31.9 Å². The first-order chi connectivity index (χ1) is 14.1. The van der Waals surface area contributed by atoms with E-state index in [0.29, 0.717) is 28.8 Å². The van der Waals surface area contributed by atoms with Gasteiger partial charge in [0.15, 0.2) is 0 Å². The third-order valence-corrected chi connectivity index (χ3v) is 6.53. The lowest BCUT2D eigenvalue weighted by Gasteiger charge is -2.17. The molecule has 1 N–H and O–H groups in total. The summed E-state index contributed by atoms with van der Waals surface area (Å²) in [6, 6.07) is 7.98. The minimum absolute atomic E-state index is 0.0603. The third kappa shape index (κ3) is 4.35. The number of ether oxygens (including phenoxy) is 1. The molecule has 1 saturated carbocycles. The summed E-state index contributed by atoms with van der Waals surface area (Å²) in [5.74, 6) is 2.19. The first-order valence-electron chi connectivity index (χ1n) is 9.61. The van der Waals surface area contributed by atoms with Crippen LogP contribution >= 0.6 is 0 Å². The Bertz CT molecular complexity index is 1050. The van der Waals surface area contributed by atoms with E-state index in [9.17, 15) is 8.42 Å². The van der Waals surface area contributed by atoms with Gasteiger partial charge in [0.25, 0.3) is 0 Å². The van der Waals surface area contributed by atoms with E-state index in [4.69, 9.17) is 13.7 Å². The van der Waals surface area contributed by atoms with Crippen LogP contribution in [0.2, 0.25) is 0 Å². The van der Waals surface area contributed by atoms with Crippen LogP contribution < -0.4 is 9.46 Å². The molecule has 0 unspecified atom stereocenters. The number of rotatable bonds is 7. The maximum absolute atomic E-state index is 12.7. The van der Waals surface area contributed by atoms with E-state index >= 15 is 0 Å². The summed E-state index contributed by atoms with van der Waals surface area (Å²) < 4.78 is 44.0. The van der Waals surface area contributed by atoms with Gasteiger partial charge in [0, 0.05) is 5.92 Å². The first-order valence-corrected chi connectivity index (χ1v) is 11.1. The van der Waals surface area contributed by atoms with Crippen LogP contribution in [0.25, 0.3) is 11.4 Å². The van der Waals surface area contributed by atoms with E-state index in [2.05, 4.69) is 14.9 Å². The van der Waals surface area contributed by atoms with Gasteiger partial charge >= 0.3 is 0 Å². The van der Waals surface area contributed by atoms with Gasteiger partial charge in [0.1, 0.15) is 11.5 Å². The molecule has 29 heavy (non-hydrogen) atoms. The van der Waals surface area contributed by atoms with Gasteiger partial charge in [0.05, 0.1) is 30.4 Å². The van der Waals surface area contributed by atoms with Gasteiger partial charge in [-0.2, -0.15) is 4.98 Å². The molecule has 1 aliphatic rings. The highest BCUT2D eigenvalue weighted by Gasteiger charge is 2.24. The summed E-state index contributed by atoms with van der Waals surface area (Å²) in [5, 5.41) is 4.08. The predicted molar refractivity (Wildman–Crippen MR) is 105 cm³/mol.